The zero-order valence-electron chi connectivity index (χ0n) is 13.6. The molecule has 0 saturated carbocycles. The van der Waals surface area contributed by atoms with E-state index >= 15 is 0 Å². The Morgan fingerprint density at radius 3 is 2.70 bits per heavy atom. The maximum atomic E-state index is 12.6. The normalized spacial score (nSPS) is 15.7. The molecule has 1 aromatic heterocycles. The van der Waals surface area contributed by atoms with Crippen molar-refractivity contribution in [2.24, 2.45) is 0 Å². The summed E-state index contributed by atoms with van der Waals surface area (Å²) in [5.41, 5.74) is 4.66. The third-order valence-electron chi connectivity index (χ3n) is 3.79. The topological polar surface area (TPSA) is 78.1 Å². The lowest BCUT2D eigenvalue weighted by molar-refractivity contribution is -0.123. The van der Waals surface area contributed by atoms with Crippen LogP contribution in [0.2, 0.25) is 0 Å². The number of imidazole rings is 1. The van der Waals surface area contributed by atoms with E-state index in [0.717, 1.165) is 32.3 Å². The summed E-state index contributed by atoms with van der Waals surface area (Å²) in [5.74, 6) is -0.254. The van der Waals surface area contributed by atoms with Gasteiger partial charge in [0.2, 0.25) is 0 Å². The minimum Gasteiger partial charge on any atom is -0.338 e. The number of nitrogens with zero attached hydrogens (tertiary/aromatic N) is 2. The lowest BCUT2D eigenvalue weighted by Gasteiger charge is -2.15. The number of nitrogens with one attached hydrogen (secondary N) is 2. The van der Waals surface area contributed by atoms with E-state index in [1.165, 1.54) is 0 Å². The molecule has 0 unspecified atom stereocenters. The number of hydrogen-bond acceptors (Lipinski definition) is 5. The number of rotatable bonds is 3. The summed E-state index contributed by atoms with van der Waals surface area (Å²) >= 11 is 9.67. The van der Waals surface area contributed by atoms with Gasteiger partial charge in [0.1, 0.15) is 5.82 Å². The number of halogens is 1. The first kappa shape index (κ1) is 17.9. The largest absolute Gasteiger partial charge is 0.338 e. The van der Waals surface area contributed by atoms with Gasteiger partial charge in [0.25, 0.3) is 11.8 Å². The van der Waals surface area contributed by atoms with Crippen molar-refractivity contribution in [1.82, 2.24) is 20.4 Å². The van der Waals surface area contributed by atoms with E-state index in [9.17, 15) is 9.59 Å². The summed E-state index contributed by atoms with van der Waals surface area (Å²) in [4.78, 5) is 32.9. The van der Waals surface area contributed by atoms with Crippen LogP contribution in [0.1, 0.15) is 16.2 Å². The molecule has 0 bridgehead atoms. The first-order valence-electron chi connectivity index (χ1n) is 7.80. The molecule has 2 aromatic carbocycles. The van der Waals surface area contributed by atoms with Crippen molar-refractivity contribution < 1.29 is 9.59 Å². The number of H-pyrrole nitrogens is 1. The summed E-state index contributed by atoms with van der Waals surface area (Å²) in [6.07, 6.45) is 1.63. The van der Waals surface area contributed by atoms with Gasteiger partial charge >= 0.3 is 0 Å². The predicted octanol–water partition coefficient (Wildman–Crippen LogP) is 3.87. The molecular weight excluding hydrogens is 448 g/mol. The number of thioether (sulfide) groups is 1. The van der Waals surface area contributed by atoms with E-state index in [1.807, 2.05) is 24.3 Å². The molecule has 1 aliphatic rings. The van der Waals surface area contributed by atoms with E-state index in [1.54, 1.807) is 30.3 Å². The van der Waals surface area contributed by atoms with E-state index in [-0.39, 0.29) is 4.32 Å². The van der Waals surface area contributed by atoms with Crippen LogP contribution in [0.3, 0.4) is 0 Å². The van der Waals surface area contributed by atoms with Gasteiger partial charge in [-0.1, -0.05) is 39.8 Å². The molecule has 1 saturated heterocycles. The van der Waals surface area contributed by atoms with Gasteiger partial charge in [-0.05, 0) is 48.6 Å². The molecule has 9 heteroatoms. The molecule has 1 fully saturated rings. The van der Waals surface area contributed by atoms with Crippen molar-refractivity contribution in [3.63, 3.8) is 0 Å². The number of carbonyl (C=O) groups is 2. The van der Waals surface area contributed by atoms with E-state index in [0.29, 0.717) is 16.3 Å². The summed E-state index contributed by atoms with van der Waals surface area (Å²) < 4.78 is 1.12. The van der Waals surface area contributed by atoms with Gasteiger partial charge < -0.3 is 4.98 Å². The molecule has 0 radical (unpaired) electrons. The first-order chi connectivity index (χ1) is 13.0. The monoisotopic (exact) mass is 458 g/mol. The zero-order chi connectivity index (χ0) is 19.0. The third-order valence-corrected chi connectivity index (χ3v) is 5.62. The molecule has 2 heterocycles. The maximum Gasteiger partial charge on any atom is 0.285 e. The zero-order valence-corrected chi connectivity index (χ0v) is 16.8. The number of amides is 2. The Bertz CT molecular complexity index is 1080. The van der Waals surface area contributed by atoms with Crippen LogP contribution in [0.5, 0.6) is 0 Å². The summed E-state index contributed by atoms with van der Waals surface area (Å²) in [6.45, 7) is 0. The summed E-state index contributed by atoms with van der Waals surface area (Å²) in [5, 5.41) is 1.08. The third kappa shape index (κ3) is 3.66. The molecule has 0 aliphatic carbocycles. The van der Waals surface area contributed by atoms with Crippen molar-refractivity contribution in [1.29, 1.82) is 0 Å². The maximum absolute atomic E-state index is 12.6. The number of aromatic nitrogens is 2. The Kier molecular flexibility index (Phi) is 4.81. The van der Waals surface area contributed by atoms with Crippen LogP contribution in [0, 0.1) is 0 Å². The second-order valence-electron chi connectivity index (χ2n) is 5.60. The second kappa shape index (κ2) is 7.26. The fourth-order valence-corrected chi connectivity index (χ4v) is 3.92. The predicted molar refractivity (Wildman–Crippen MR) is 113 cm³/mol. The van der Waals surface area contributed by atoms with E-state index in [4.69, 9.17) is 12.2 Å². The molecule has 2 N–H and O–H groups in total. The highest BCUT2D eigenvalue weighted by Crippen LogP contribution is 2.31. The Balaban J connectivity index is 1.54. The number of hydrazine groups is 1. The van der Waals surface area contributed by atoms with Crippen LogP contribution in [0.25, 0.3) is 17.1 Å². The minimum absolute atomic E-state index is 0.257. The highest BCUT2D eigenvalue weighted by atomic mass is 79.9. The van der Waals surface area contributed by atoms with Gasteiger partial charge in [-0.25, -0.2) is 4.98 Å². The fourth-order valence-electron chi connectivity index (χ4n) is 2.50. The average molecular weight is 459 g/mol. The van der Waals surface area contributed by atoms with E-state index < -0.39 is 11.8 Å². The quantitative estimate of drug-likeness (QED) is 0.459. The van der Waals surface area contributed by atoms with E-state index in [2.05, 4.69) is 31.3 Å². The molecule has 4 rings (SSSR count). The smallest absolute Gasteiger partial charge is 0.285 e. The van der Waals surface area contributed by atoms with Crippen LogP contribution in [0.4, 0.5) is 0 Å². The van der Waals surface area contributed by atoms with Gasteiger partial charge in [0.15, 0.2) is 4.32 Å². The lowest BCUT2D eigenvalue weighted by Crippen LogP contribution is -2.44. The number of hydrogen-bond donors (Lipinski definition) is 2. The van der Waals surface area contributed by atoms with Crippen molar-refractivity contribution in [3.05, 3.63) is 69.3 Å². The van der Waals surface area contributed by atoms with Crippen LogP contribution in [-0.4, -0.2) is 31.1 Å². The van der Waals surface area contributed by atoms with Crippen molar-refractivity contribution in [3.8, 4) is 0 Å². The van der Waals surface area contributed by atoms with Crippen molar-refractivity contribution in [2.45, 2.75) is 0 Å². The molecular formula is C18H11BrN4O2S2. The fraction of sp³-hybridized carbons (Fsp3) is 0. The molecule has 6 nitrogen and oxygen atoms in total. The molecule has 27 heavy (non-hydrogen) atoms. The standard InChI is InChI=1S/C18H11BrN4O2S2/c19-11-7-5-10(6-8-11)16(24)22-23-17(25)14(27-18(23)26)9-15-20-12-3-1-2-4-13(12)21-15/h1-9H,(H,20,21)(H,22,24)/b14-9+. The number of aromatic amines is 1. The van der Waals surface area contributed by atoms with Crippen molar-refractivity contribution >= 4 is 73.2 Å². The molecule has 0 spiro atoms. The Hall–Kier alpha value is -2.49. The lowest BCUT2D eigenvalue weighted by atomic mass is 10.2. The van der Waals surface area contributed by atoms with Gasteiger partial charge in [-0.3, -0.25) is 15.0 Å². The SMILES string of the molecule is O=C(NN1C(=O)/C(=C\c2nc3ccccc3[nH]2)SC1=S)c1ccc(Br)cc1. The summed E-state index contributed by atoms with van der Waals surface area (Å²) in [7, 11) is 0. The molecule has 3 aromatic rings. The van der Waals surface area contributed by atoms with Crippen molar-refractivity contribution in [2.75, 3.05) is 0 Å². The second-order valence-corrected chi connectivity index (χ2v) is 8.20. The Morgan fingerprint density at radius 2 is 1.96 bits per heavy atom. The molecule has 0 atom stereocenters. The number of para-hydroxylation sites is 2. The van der Waals surface area contributed by atoms with Gasteiger partial charge in [-0.2, -0.15) is 5.01 Å². The number of carbonyl (C=O) groups excluding carboxylic acids is 2. The van der Waals surface area contributed by atoms with Crippen LogP contribution in [-0.2, 0) is 4.79 Å². The number of benzene rings is 2. The molecule has 1 aliphatic heterocycles. The van der Waals surface area contributed by atoms with Gasteiger partial charge in [0.05, 0.1) is 15.9 Å². The number of fused-ring (bicyclic) bond motifs is 1. The van der Waals surface area contributed by atoms with Crippen LogP contribution >= 0.6 is 39.9 Å². The summed E-state index contributed by atoms with van der Waals surface area (Å²) in [6, 6.07) is 14.4. The Labute approximate surface area is 172 Å². The van der Waals surface area contributed by atoms with Crippen LogP contribution in [0.15, 0.2) is 57.9 Å². The average Bonchev–Trinajstić information content (AvgIpc) is 3.18. The van der Waals surface area contributed by atoms with Gasteiger partial charge in [-0.15, -0.1) is 0 Å². The Morgan fingerprint density at radius 1 is 1.22 bits per heavy atom. The molecule has 2 amide bonds. The first-order valence-corrected chi connectivity index (χ1v) is 9.82. The highest BCUT2D eigenvalue weighted by molar-refractivity contribution is 9.10. The van der Waals surface area contributed by atoms with Gasteiger partial charge in [0, 0.05) is 16.1 Å². The minimum atomic E-state index is -0.413. The number of thiocarbonyl (C=S) groups is 1. The van der Waals surface area contributed by atoms with Crippen LogP contribution < -0.4 is 5.43 Å². The highest BCUT2D eigenvalue weighted by Gasteiger charge is 2.34. The molecule has 134 valence electrons.